The summed E-state index contributed by atoms with van der Waals surface area (Å²) in [5.74, 6) is -0.155. The number of ether oxygens (including phenoxy) is 1. The Balaban J connectivity index is 1.73. The van der Waals surface area contributed by atoms with Gasteiger partial charge >= 0.3 is 12.0 Å². The first-order valence-electron chi connectivity index (χ1n) is 6.58. The molecule has 1 unspecified atom stereocenters. The summed E-state index contributed by atoms with van der Waals surface area (Å²) in [6, 6.07) is 0.189. The minimum absolute atomic E-state index is 0.122. The van der Waals surface area contributed by atoms with E-state index in [0.29, 0.717) is 24.4 Å². The summed E-state index contributed by atoms with van der Waals surface area (Å²) in [7, 11) is 0. The molecule has 2 aliphatic heterocycles. The first-order chi connectivity index (χ1) is 9.61. The van der Waals surface area contributed by atoms with Gasteiger partial charge in [-0.2, -0.15) is 11.8 Å². The number of rotatable bonds is 8. The van der Waals surface area contributed by atoms with Crippen LogP contribution in [0.3, 0.4) is 0 Å². The van der Waals surface area contributed by atoms with Crippen LogP contribution in [0.5, 0.6) is 0 Å². The number of carboxylic acid groups (broad SMARTS) is 1. The molecular formula is C12H18N2O5S. The van der Waals surface area contributed by atoms with Gasteiger partial charge in [-0.3, -0.25) is 0 Å². The van der Waals surface area contributed by atoms with E-state index in [2.05, 4.69) is 10.6 Å². The highest BCUT2D eigenvalue weighted by Crippen LogP contribution is 2.33. The monoisotopic (exact) mass is 302 g/mol. The van der Waals surface area contributed by atoms with Crippen molar-refractivity contribution in [1.82, 2.24) is 10.6 Å². The van der Waals surface area contributed by atoms with Crippen molar-refractivity contribution in [3.8, 4) is 0 Å². The van der Waals surface area contributed by atoms with Gasteiger partial charge in [-0.1, -0.05) is 0 Å². The fourth-order valence-electron chi connectivity index (χ4n) is 2.58. The van der Waals surface area contributed by atoms with E-state index in [9.17, 15) is 14.4 Å². The summed E-state index contributed by atoms with van der Waals surface area (Å²) >= 11 is 1.79. The molecule has 3 N–H and O–H groups in total. The first kappa shape index (κ1) is 15.1. The Kier molecular flexibility index (Phi) is 5.24. The topological polar surface area (TPSA) is 105 Å². The summed E-state index contributed by atoms with van der Waals surface area (Å²) < 4.78 is 4.96. The molecule has 0 aromatic heterocycles. The number of hydrogen-bond donors (Lipinski definition) is 3. The minimum atomic E-state index is -1.04. The second-order valence-electron chi connectivity index (χ2n) is 4.88. The zero-order valence-corrected chi connectivity index (χ0v) is 11.7. The van der Waals surface area contributed by atoms with Crippen LogP contribution in [-0.4, -0.2) is 59.2 Å². The van der Waals surface area contributed by atoms with Crippen molar-refractivity contribution >= 4 is 30.0 Å². The van der Waals surface area contributed by atoms with Crippen LogP contribution in [0.2, 0.25) is 0 Å². The van der Waals surface area contributed by atoms with Crippen LogP contribution in [0.25, 0.3) is 0 Å². The molecule has 8 heteroatoms. The Hall–Kier alpha value is -1.28. The lowest BCUT2D eigenvalue weighted by Crippen LogP contribution is -2.37. The van der Waals surface area contributed by atoms with Gasteiger partial charge < -0.3 is 25.3 Å². The SMILES string of the molecule is O=CCOC(CCC[C@@H]1SC[C@@H]2NC(=O)N[C@@H]21)C(=O)O. The van der Waals surface area contributed by atoms with Crippen molar-refractivity contribution in [2.45, 2.75) is 42.7 Å². The zero-order chi connectivity index (χ0) is 14.5. The lowest BCUT2D eigenvalue weighted by Gasteiger charge is -2.18. The summed E-state index contributed by atoms with van der Waals surface area (Å²) in [6.07, 6.45) is 1.50. The van der Waals surface area contributed by atoms with E-state index in [0.717, 1.165) is 12.2 Å². The number of carbonyl (C=O) groups excluding carboxylic acids is 2. The molecule has 0 saturated carbocycles. The Morgan fingerprint density at radius 1 is 1.55 bits per heavy atom. The van der Waals surface area contributed by atoms with Gasteiger partial charge in [-0.15, -0.1) is 0 Å². The van der Waals surface area contributed by atoms with Crippen molar-refractivity contribution in [3.63, 3.8) is 0 Å². The quantitative estimate of drug-likeness (QED) is 0.430. The van der Waals surface area contributed by atoms with Gasteiger partial charge in [0.2, 0.25) is 0 Å². The third-order valence-electron chi connectivity index (χ3n) is 3.53. The first-order valence-corrected chi connectivity index (χ1v) is 7.63. The highest BCUT2D eigenvalue weighted by molar-refractivity contribution is 8.00. The van der Waals surface area contributed by atoms with Crippen LogP contribution in [0.1, 0.15) is 19.3 Å². The summed E-state index contributed by atoms with van der Waals surface area (Å²) in [5.41, 5.74) is 0. The molecule has 2 rings (SSSR count). The molecule has 0 aromatic rings. The second-order valence-corrected chi connectivity index (χ2v) is 6.15. The van der Waals surface area contributed by atoms with E-state index in [1.54, 1.807) is 11.8 Å². The number of aliphatic carboxylic acids is 1. The standard InChI is InChI=1S/C12H18N2O5S/c15-4-5-19-8(11(16)17)2-1-3-9-10-7(6-20-9)13-12(18)14-10/h4,7-10H,1-3,5-6H2,(H,16,17)(H2,13,14,18)/t7-,8?,9-,10-/m0/s1. The zero-order valence-electron chi connectivity index (χ0n) is 10.9. The fraction of sp³-hybridized carbons (Fsp3) is 0.750. The number of thioether (sulfide) groups is 1. The number of nitrogens with one attached hydrogen (secondary N) is 2. The smallest absolute Gasteiger partial charge is 0.332 e. The van der Waals surface area contributed by atoms with E-state index < -0.39 is 12.1 Å². The average molecular weight is 302 g/mol. The number of carboxylic acids is 1. The summed E-state index contributed by atoms with van der Waals surface area (Å²) in [5, 5.41) is 15.0. The Bertz CT molecular complexity index is 392. The molecule has 2 aliphatic rings. The minimum Gasteiger partial charge on any atom is -0.479 e. The maximum Gasteiger partial charge on any atom is 0.332 e. The highest BCUT2D eigenvalue weighted by atomic mass is 32.2. The normalized spacial score (nSPS) is 29.4. The van der Waals surface area contributed by atoms with Gasteiger partial charge in [-0.05, 0) is 19.3 Å². The Morgan fingerprint density at radius 3 is 3.05 bits per heavy atom. The van der Waals surface area contributed by atoms with Crippen LogP contribution >= 0.6 is 11.8 Å². The summed E-state index contributed by atoms with van der Waals surface area (Å²) in [4.78, 5) is 32.4. The van der Waals surface area contributed by atoms with Crippen molar-refractivity contribution < 1.29 is 24.2 Å². The van der Waals surface area contributed by atoms with Gasteiger partial charge in [-0.25, -0.2) is 9.59 Å². The van der Waals surface area contributed by atoms with Crippen LogP contribution in [-0.2, 0) is 14.3 Å². The maximum absolute atomic E-state index is 11.2. The van der Waals surface area contributed by atoms with Crippen LogP contribution < -0.4 is 10.6 Å². The molecule has 2 heterocycles. The van der Waals surface area contributed by atoms with Gasteiger partial charge in [0.1, 0.15) is 12.9 Å². The van der Waals surface area contributed by atoms with E-state index in [1.807, 2.05) is 0 Å². The van der Waals surface area contributed by atoms with E-state index >= 15 is 0 Å². The van der Waals surface area contributed by atoms with Crippen molar-refractivity contribution in [3.05, 3.63) is 0 Å². The molecule has 0 spiro atoms. The van der Waals surface area contributed by atoms with Gasteiger partial charge in [0.25, 0.3) is 0 Å². The lowest BCUT2D eigenvalue weighted by molar-refractivity contribution is -0.151. The predicted molar refractivity (Wildman–Crippen MR) is 72.8 cm³/mol. The third-order valence-corrected chi connectivity index (χ3v) is 5.04. The van der Waals surface area contributed by atoms with Gasteiger partial charge in [0.15, 0.2) is 6.10 Å². The Labute approximate surface area is 120 Å². The summed E-state index contributed by atoms with van der Waals surface area (Å²) in [6.45, 7) is -0.195. The molecule has 112 valence electrons. The number of hydrogen-bond acceptors (Lipinski definition) is 5. The van der Waals surface area contributed by atoms with Crippen molar-refractivity contribution in [2.24, 2.45) is 0 Å². The molecule has 2 saturated heterocycles. The van der Waals surface area contributed by atoms with Crippen LogP contribution in [0.15, 0.2) is 0 Å². The molecule has 0 aliphatic carbocycles. The van der Waals surface area contributed by atoms with Gasteiger partial charge in [0, 0.05) is 11.0 Å². The number of fused-ring (bicyclic) bond motifs is 1. The Morgan fingerprint density at radius 2 is 2.35 bits per heavy atom. The maximum atomic E-state index is 11.2. The largest absolute Gasteiger partial charge is 0.479 e. The van der Waals surface area contributed by atoms with Crippen molar-refractivity contribution in [2.75, 3.05) is 12.4 Å². The predicted octanol–water partition coefficient (Wildman–Crippen LogP) is -0.00920. The van der Waals surface area contributed by atoms with Crippen LogP contribution in [0.4, 0.5) is 4.79 Å². The fourth-order valence-corrected chi connectivity index (χ4v) is 4.12. The molecule has 7 nitrogen and oxygen atoms in total. The number of aldehydes is 1. The third kappa shape index (κ3) is 3.63. The van der Waals surface area contributed by atoms with E-state index in [4.69, 9.17) is 9.84 Å². The number of carbonyl (C=O) groups is 3. The molecule has 0 bridgehead atoms. The molecule has 2 fully saturated rings. The van der Waals surface area contributed by atoms with E-state index in [-0.39, 0.29) is 24.7 Å². The molecule has 2 amide bonds. The number of urea groups is 1. The number of amides is 2. The molecular weight excluding hydrogens is 284 g/mol. The van der Waals surface area contributed by atoms with Gasteiger partial charge in [0.05, 0.1) is 12.1 Å². The van der Waals surface area contributed by atoms with Crippen molar-refractivity contribution in [1.29, 1.82) is 0 Å². The second kappa shape index (κ2) is 6.94. The highest BCUT2D eigenvalue weighted by Gasteiger charge is 2.42. The molecule has 0 aromatic carbocycles. The molecule has 0 radical (unpaired) electrons. The van der Waals surface area contributed by atoms with Crippen LogP contribution in [0, 0.1) is 0 Å². The lowest BCUT2D eigenvalue weighted by atomic mass is 10.0. The molecule has 4 atom stereocenters. The average Bonchev–Trinajstić information content (AvgIpc) is 2.93. The van der Waals surface area contributed by atoms with E-state index in [1.165, 1.54) is 0 Å². The molecule has 20 heavy (non-hydrogen) atoms.